The van der Waals surface area contributed by atoms with E-state index < -0.39 is 10.0 Å². The van der Waals surface area contributed by atoms with E-state index in [4.69, 9.17) is 11.6 Å². The van der Waals surface area contributed by atoms with E-state index in [0.717, 1.165) is 22.5 Å². The molecule has 1 fully saturated rings. The van der Waals surface area contributed by atoms with Gasteiger partial charge >= 0.3 is 0 Å². The van der Waals surface area contributed by atoms with Gasteiger partial charge in [-0.15, -0.1) is 0 Å². The summed E-state index contributed by atoms with van der Waals surface area (Å²) in [6.07, 6.45) is 0.294. The number of hydrogen-bond donors (Lipinski definition) is 0. The second-order valence-electron chi connectivity index (χ2n) is 8.01. The molecule has 164 valence electrons. The normalized spacial score (nSPS) is 16.7. The van der Waals surface area contributed by atoms with Gasteiger partial charge in [0.1, 0.15) is 0 Å². The molecule has 7 nitrogen and oxygen atoms in total. The number of aryl methyl sites for hydroxylation is 3. The molecule has 0 saturated carbocycles. The molecule has 2 heterocycles. The van der Waals surface area contributed by atoms with E-state index in [0.29, 0.717) is 42.5 Å². The van der Waals surface area contributed by atoms with E-state index >= 15 is 0 Å². The van der Waals surface area contributed by atoms with Gasteiger partial charge in [-0.3, -0.25) is 9.48 Å². The van der Waals surface area contributed by atoms with Gasteiger partial charge in [0.05, 0.1) is 27.3 Å². The maximum atomic E-state index is 13.0. The summed E-state index contributed by atoms with van der Waals surface area (Å²) in [5.74, 6) is -0.00518. The average molecular weight is 453 g/mol. The van der Waals surface area contributed by atoms with Gasteiger partial charge in [0.15, 0.2) is 0 Å². The van der Waals surface area contributed by atoms with Crippen molar-refractivity contribution in [2.24, 2.45) is 0 Å². The molecule has 1 amide bonds. The van der Waals surface area contributed by atoms with E-state index in [9.17, 15) is 13.2 Å². The molecule has 0 aliphatic carbocycles. The molecule has 1 aliphatic rings. The van der Waals surface area contributed by atoms with Crippen LogP contribution < -0.4 is 0 Å². The highest BCUT2D eigenvalue weighted by atomic mass is 35.5. The number of nitrogens with zero attached hydrogens (tertiary/aromatic N) is 4. The van der Waals surface area contributed by atoms with Crippen molar-refractivity contribution >= 4 is 27.5 Å². The molecule has 3 rings (SSSR count). The van der Waals surface area contributed by atoms with E-state index in [1.54, 1.807) is 21.7 Å². The average Bonchev–Trinajstić information content (AvgIpc) is 2.97. The molecule has 0 radical (unpaired) electrons. The maximum absolute atomic E-state index is 13.0. The van der Waals surface area contributed by atoms with Crippen LogP contribution in [-0.2, 0) is 14.8 Å². The zero-order valence-corrected chi connectivity index (χ0v) is 19.7. The molecule has 1 aromatic heterocycles. The van der Waals surface area contributed by atoms with Crippen molar-refractivity contribution in [1.29, 1.82) is 0 Å². The Kier molecular flexibility index (Phi) is 6.60. The number of piperazine rings is 1. The first-order valence-electron chi connectivity index (χ1n) is 10.1. The minimum atomic E-state index is -3.56. The van der Waals surface area contributed by atoms with Gasteiger partial charge in [-0.2, -0.15) is 9.40 Å². The Morgan fingerprint density at radius 3 is 2.27 bits per heavy atom. The molecule has 0 spiro atoms. The first kappa shape index (κ1) is 22.8. The number of aromatic nitrogens is 2. The molecule has 1 atom stereocenters. The Labute approximate surface area is 183 Å². The molecule has 0 bridgehead atoms. The number of rotatable bonds is 5. The number of hydrogen-bond acceptors (Lipinski definition) is 4. The predicted molar refractivity (Wildman–Crippen MR) is 117 cm³/mol. The Morgan fingerprint density at radius 1 is 1.10 bits per heavy atom. The van der Waals surface area contributed by atoms with Crippen LogP contribution in [0.1, 0.15) is 41.9 Å². The fraction of sp³-hybridized carbons (Fsp3) is 0.524. The first-order valence-corrected chi connectivity index (χ1v) is 11.9. The van der Waals surface area contributed by atoms with Crippen LogP contribution in [0.25, 0.3) is 0 Å². The SMILES string of the molecule is Cc1ccc(S(=O)(=O)N2CCN(C(=O)C[C@@H](C)n3nc(C)c(Cl)c3C)CC2)cc1C. The van der Waals surface area contributed by atoms with Crippen molar-refractivity contribution in [2.75, 3.05) is 26.2 Å². The van der Waals surface area contributed by atoms with Crippen molar-refractivity contribution < 1.29 is 13.2 Å². The predicted octanol–water partition coefficient (Wildman–Crippen LogP) is 3.25. The third-order valence-corrected chi connectivity index (χ3v) is 8.27. The Bertz CT molecular complexity index is 1060. The summed E-state index contributed by atoms with van der Waals surface area (Å²) >= 11 is 6.21. The summed E-state index contributed by atoms with van der Waals surface area (Å²) in [5.41, 5.74) is 3.60. The largest absolute Gasteiger partial charge is 0.340 e. The van der Waals surface area contributed by atoms with Crippen molar-refractivity contribution in [1.82, 2.24) is 19.0 Å². The van der Waals surface area contributed by atoms with Crippen molar-refractivity contribution in [2.45, 2.75) is 52.0 Å². The van der Waals surface area contributed by atoms with Gasteiger partial charge in [-0.25, -0.2) is 8.42 Å². The van der Waals surface area contributed by atoms with Crippen LogP contribution in [-0.4, -0.2) is 59.5 Å². The standard InChI is InChI=1S/C21H29ClN4O3S/c1-14-6-7-19(12-15(14)2)30(28,29)25-10-8-24(9-11-25)20(27)13-16(3)26-18(5)21(22)17(4)23-26/h6-7,12,16H,8-11,13H2,1-5H3/t16-/m1/s1. The summed E-state index contributed by atoms with van der Waals surface area (Å²) in [6.45, 7) is 10.9. The van der Waals surface area contributed by atoms with Crippen molar-refractivity contribution in [3.63, 3.8) is 0 Å². The first-order chi connectivity index (χ1) is 14.0. The summed E-state index contributed by atoms with van der Waals surface area (Å²) in [5, 5.41) is 5.05. The maximum Gasteiger partial charge on any atom is 0.243 e. The molecular weight excluding hydrogens is 424 g/mol. The topological polar surface area (TPSA) is 75.5 Å². The van der Waals surface area contributed by atoms with E-state index in [2.05, 4.69) is 5.10 Å². The number of carbonyl (C=O) groups excluding carboxylic acids is 1. The van der Waals surface area contributed by atoms with Crippen molar-refractivity contribution in [3.05, 3.63) is 45.7 Å². The molecule has 1 saturated heterocycles. The summed E-state index contributed by atoms with van der Waals surface area (Å²) in [4.78, 5) is 14.8. The molecule has 9 heteroatoms. The fourth-order valence-corrected chi connectivity index (χ4v) is 5.37. The Morgan fingerprint density at radius 2 is 1.73 bits per heavy atom. The minimum absolute atomic E-state index is 0.00518. The highest BCUT2D eigenvalue weighted by Crippen LogP contribution is 2.25. The van der Waals surface area contributed by atoms with Crippen LogP contribution >= 0.6 is 11.6 Å². The lowest BCUT2D eigenvalue weighted by atomic mass is 10.1. The van der Waals surface area contributed by atoms with Crippen LogP contribution in [0.3, 0.4) is 0 Å². The van der Waals surface area contributed by atoms with E-state index in [-0.39, 0.29) is 11.9 Å². The lowest BCUT2D eigenvalue weighted by molar-refractivity contribution is -0.133. The summed E-state index contributed by atoms with van der Waals surface area (Å²) in [6, 6.07) is 5.06. The lowest BCUT2D eigenvalue weighted by Gasteiger charge is -2.34. The van der Waals surface area contributed by atoms with Crippen LogP contribution in [0.4, 0.5) is 0 Å². The Hall–Kier alpha value is -1.90. The molecule has 30 heavy (non-hydrogen) atoms. The van der Waals surface area contributed by atoms with E-state index in [1.807, 2.05) is 40.7 Å². The second-order valence-corrected chi connectivity index (χ2v) is 10.3. The number of halogens is 1. The van der Waals surface area contributed by atoms with Gasteiger partial charge in [0.2, 0.25) is 15.9 Å². The third kappa shape index (κ3) is 4.40. The highest BCUT2D eigenvalue weighted by molar-refractivity contribution is 7.89. The molecular formula is C21H29ClN4O3S. The molecule has 1 aliphatic heterocycles. The van der Waals surface area contributed by atoms with Gasteiger partial charge < -0.3 is 4.90 Å². The second kappa shape index (κ2) is 8.69. The number of sulfonamides is 1. The third-order valence-electron chi connectivity index (χ3n) is 5.83. The van der Waals surface area contributed by atoms with Crippen LogP contribution in [0, 0.1) is 27.7 Å². The number of carbonyl (C=O) groups is 1. The number of benzene rings is 1. The van der Waals surface area contributed by atoms with E-state index in [1.165, 1.54) is 4.31 Å². The van der Waals surface area contributed by atoms with Gasteiger partial charge in [-0.05, 0) is 57.9 Å². The lowest BCUT2D eigenvalue weighted by Crippen LogP contribution is -2.50. The monoisotopic (exact) mass is 452 g/mol. The van der Waals surface area contributed by atoms with Crippen molar-refractivity contribution in [3.8, 4) is 0 Å². The zero-order chi connectivity index (χ0) is 22.2. The highest BCUT2D eigenvalue weighted by Gasteiger charge is 2.31. The summed E-state index contributed by atoms with van der Waals surface area (Å²) < 4.78 is 29.2. The fourth-order valence-electron chi connectivity index (χ4n) is 3.74. The quantitative estimate of drug-likeness (QED) is 0.697. The zero-order valence-electron chi connectivity index (χ0n) is 18.1. The van der Waals surface area contributed by atoms with Gasteiger partial charge in [0, 0.05) is 32.6 Å². The smallest absolute Gasteiger partial charge is 0.243 e. The minimum Gasteiger partial charge on any atom is -0.340 e. The number of amides is 1. The summed E-state index contributed by atoms with van der Waals surface area (Å²) in [7, 11) is -3.56. The molecule has 1 aromatic carbocycles. The van der Waals surface area contributed by atoms with Crippen LogP contribution in [0.2, 0.25) is 5.02 Å². The Balaban J connectivity index is 1.62. The van der Waals surface area contributed by atoms with Gasteiger partial charge in [-0.1, -0.05) is 17.7 Å². The molecule has 0 N–H and O–H groups in total. The van der Waals surface area contributed by atoms with Crippen LogP contribution in [0.5, 0.6) is 0 Å². The molecule has 2 aromatic rings. The molecule has 0 unspecified atom stereocenters. The van der Waals surface area contributed by atoms with Crippen LogP contribution in [0.15, 0.2) is 23.1 Å². The van der Waals surface area contributed by atoms with Gasteiger partial charge in [0.25, 0.3) is 0 Å².